The van der Waals surface area contributed by atoms with Gasteiger partial charge in [0.05, 0.1) is 19.9 Å². The Morgan fingerprint density at radius 3 is 2.61 bits per heavy atom. The molecule has 7 heteroatoms. The molecule has 0 spiro atoms. The van der Waals surface area contributed by atoms with Crippen molar-refractivity contribution in [2.24, 2.45) is 17.9 Å². The second-order valence-corrected chi connectivity index (χ2v) is 10.3. The zero-order valence-electron chi connectivity index (χ0n) is 21.5. The molecule has 1 atom stereocenters. The van der Waals surface area contributed by atoms with E-state index in [0.29, 0.717) is 25.5 Å². The smallest absolute Gasteiger partial charge is 0.317 e. The first-order valence-electron chi connectivity index (χ1n) is 11.9. The van der Waals surface area contributed by atoms with E-state index in [2.05, 4.69) is 36.0 Å². The van der Waals surface area contributed by atoms with Gasteiger partial charge in [0.1, 0.15) is 18.8 Å². The van der Waals surface area contributed by atoms with Gasteiger partial charge >= 0.3 is 5.91 Å². The molecule has 0 aliphatic rings. The van der Waals surface area contributed by atoms with Crippen molar-refractivity contribution in [3.05, 3.63) is 35.7 Å². The predicted molar refractivity (Wildman–Crippen MR) is 131 cm³/mol. The second kappa shape index (κ2) is 11.8. The van der Waals surface area contributed by atoms with E-state index in [-0.39, 0.29) is 18.0 Å². The quantitative estimate of drug-likeness (QED) is 0.461. The van der Waals surface area contributed by atoms with Gasteiger partial charge in [-0.3, -0.25) is 9.18 Å². The van der Waals surface area contributed by atoms with Crippen LogP contribution in [-0.4, -0.2) is 61.9 Å². The van der Waals surface area contributed by atoms with Gasteiger partial charge in [0.15, 0.2) is 0 Å². The van der Waals surface area contributed by atoms with Gasteiger partial charge < -0.3 is 15.0 Å². The Labute approximate surface area is 198 Å². The largest absolute Gasteiger partial charge is 0.380 e. The van der Waals surface area contributed by atoms with Crippen LogP contribution in [0.25, 0.3) is 11.0 Å². The van der Waals surface area contributed by atoms with Crippen molar-refractivity contribution in [1.82, 2.24) is 15.2 Å². The molecule has 0 aliphatic heterocycles. The number of halogens is 1. The Kier molecular flexibility index (Phi) is 9.73. The number of aryl methyl sites for hydroxylation is 2. The molecule has 0 aliphatic carbocycles. The Balaban J connectivity index is 1.92. The normalized spacial score (nSPS) is 14.0. The van der Waals surface area contributed by atoms with Gasteiger partial charge in [0, 0.05) is 36.5 Å². The summed E-state index contributed by atoms with van der Waals surface area (Å²) < 4.78 is 20.8. The van der Waals surface area contributed by atoms with E-state index in [9.17, 15) is 9.18 Å². The van der Waals surface area contributed by atoms with Crippen LogP contribution < -0.4 is 9.88 Å². The third kappa shape index (κ3) is 7.71. The number of hydrogen-bond donors (Lipinski definition) is 1. The Bertz CT molecular complexity index is 934. The number of nitrogens with zero attached hydrogens (tertiary/aromatic N) is 3. The minimum Gasteiger partial charge on any atom is -0.380 e. The standard InChI is InChI=1S/C26H41FN4O2/c1-8-26(6,19-33-18-25(4,5)16-27)17-31(9-2)13-12-28-24(32)23-15-29-21-14-20(3)10-11-22(21)30(23)7/h10-11,14-15H,8-9,12-13,16-19H2,1-7H3/p+1. The van der Waals surface area contributed by atoms with Crippen LogP contribution in [-0.2, 0) is 11.8 Å². The summed E-state index contributed by atoms with van der Waals surface area (Å²) >= 11 is 0. The van der Waals surface area contributed by atoms with Gasteiger partial charge in [0.2, 0.25) is 5.52 Å². The average molecular weight is 462 g/mol. The summed E-state index contributed by atoms with van der Waals surface area (Å²) in [6.45, 7) is 15.9. The number of amides is 1. The van der Waals surface area contributed by atoms with E-state index in [1.54, 1.807) is 6.20 Å². The van der Waals surface area contributed by atoms with Gasteiger partial charge in [-0.1, -0.05) is 40.7 Å². The number of carbonyl (C=O) groups is 1. The summed E-state index contributed by atoms with van der Waals surface area (Å²) in [4.78, 5) is 19.6. The summed E-state index contributed by atoms with van der Waals surface area (Å²) in [7, 11) is 1.89. The lowest BCUT2D eigenvalue weighted by molar-refractivity contribution is -0.647. The highest BCUT2D eigenvalue weighted by atomic mass is 19.1. The number of hydrogen-bond acceptors (Lipinski definition) is 4. The lowest BCUT2D eigenvalue weighted by Gasteiger charge is -2.35. The van der Waals surface area contributed by atoms with E-state index in [1.807, 2.05) is 50.6 Å². The van der Waals surface area contributed by atoms with Gasteiger partial charge in [-0.15, -0.1) is 0 Å². The summed E-state index contributed by atoms with van der Waals surface area (Å²) in [5, 5.41) is 3.04. The lowest BCUT2D eigenvalue weighted by atomic mass is 9.87. The van der Waals surface area contributed by atoms with Gasteiger partial charge in [-0.25, -0.2) is 4.98 Å². The zero-order chi connectivity index (χ0) is 24.6. The molecule has 184 valence electrons. The van der Waals surface area contributed by atoms with Crippen LogP contribution in [0, 0.1) is 17.8 Å². The molecule has 1 unspecified atom stereocenters. The molecule has 2 rings (SSSR count). The summed E-state index contributed by atoms with van der Waals surface area (Å²) in [5.41, 5.74) is 3.01. The fraction of sp³-hybridized carbons (Fsp3) is 0.654. The molecule has 1 aromatic carbocycles. The minimum absolute atomic E-state index is 0.0285. The zero-order valence-corrected chi connectivity index (χ0v) is 21.5. The maximum absolute atomic E-state index is 13.1. The number of nitrogens with one attached hydrogen (secondary N) is 1. The molecule has 0 fully saturated rings. The summed E-state index contributed by atoms with van der Waals surface area (Å²) in [5.74, 6) is -0.126. The summed E-state index contributed by atoms with van der Waals surface area (Å²) in [6, 6.07) is 6.04. The highest BCUT2D eigenvalue weighted by Gasteiger charge is 2.27. The van der Waals surface area contributed by atoms with Crippen molar-refractivity contribution in [3.8, 4) is 0 Å². The molecule has 1 amide bonds. The van der Waals surface area contributed by atoms with Crippen LogP contribution in [0.15, 0.2) is 24.4 Å². The maximum atomic E-state index is 13.1. The first-order valence-corrected chi connectivity index (χ1v) is 11.9. The number of alkyl halides is 1. The van der Waals surface area contributed by atoms with E-state index >= 15 is 0 Å². The monoisotopic (exact) mass is 461 g/mol. The molecule has 0 saturated carbocycles. The van der Waals surface area contributed by atoms with Crippen LogP contribution >= 0.6 is 0 Å². The fourth-order valence-electron chi connectivity index (χ4n) is 3.76. The third-order valence-corrected chi connectivity index (χ3v) is 6.34. The van der Waals surface area contributed by atoms with Crippen molar-refractivity contribution in [2.75, 3.05) is 46.1 Å². The Morgan fingerprint density at radius 1 is 1.24 bits per heavy atom. The molecule has 1 aromatic heterocycles. The van der Waals surface area contributed by atoms with Gasteiger partial charge in [-0.2, -0.15) is 4.57 Å². The highest BCUT2D eigenvalue weighted by molar-refractivity contribution is 5.91. The van der Waals surface area contributed by atoms with Crippen molar-refractivity contribution < 1.29 is 18.5 Å². The predicted octanol–water partition coefficient (Wildman–Crippen LogP) is 3.85. The van der Waals surface area contributed by atoms with Gasteiger partial charge in [-0.05, 0) is 31.5 Å². The number of fused-ring (bicyclic) bond motifs is 1. The molecule has 0 radical (unpaired) electrons. The number of ether oxygens (including phenoxy) is 1. The van der Waals surface area contributed by atoms with E-state index < -0.39 is 5.41 Å². The topological polar surface area (TPSA) is 58.3 Å². The van der Waals surface area contributed by atoms with E-state index in [1.165, 1.54) is 0 Å². The minimum atomic E-state index is -0.448. The molecule has 2 aromatic rings. The SMILES string of the molecule is CCN(CCNC(=O)c1cnc2cc(C)ccc2[n+]1C)CC(C)(CC)COCC(C)(C)CF. The van der Waals surface area contributed by atoms with Gasteiger partial charge in [0.25, 0.3) is 5.69 Å². The van der Waals surface area contributed by atoms with Crippen LogP contribution in [0.1, 0.15) is 57.1 Å². The number of likely N-dealkylation sites (N-methyl/N-ethyl adjacent to an activating group) is 1. The number of benzene rings is 1. The molecule has 6 nitrogen and oxygen atoms in total. The molecule has 0 saturated heterocycles. The molecule has 0 bridgehead atoms. The van der Waals surface area contributed by atoms with Crippen molar-refractivity contribution >= 4 is 16.9 Å². The Morgan fingerprint density at radius 2 is 1.97 bits per heavy atom. The van der Waals surface area contributed by atoms with Crippen molar-refractivity contribution in [1.29, 1.82) is 0 Å². The summed E-state index contributed by atoms with van der Waals surface area (Å²) in [6.07, 6.45) is 2.60. The first kappa shape index (κ1) is 27.1. The van der Waals surface area contributed by atoms with Crippen LogP contribution in [0.4, 0.5) is 4.39 Å². The lowest BCUT2D eigenvalue weighted by Crippen LogP contribution is -2.45. The molecular weight excluding hydrogens is 419 g/mol. The van der Waals surface area contributed by atoms with Crippen molar-refractivity contribution in [3.63, 3.8) is 0 Å². The number of rotatable bonds is 13. The molecule has 33 heavy (non-hydrogen) atoms. The first-order chi connectivity index (χ1) is 15.5. The molecule has 1 N–H and O–H groups in total. The average Bonchev–Trinajstić information content (AvgIpc) is 2.78. The van der Waals surface area contributed by atoms with E-state index in [4.69, 9.17) is 4.74 Å². The van der Waals surface area contributed by atoms with Crippen molar-refractivity contribution in [2.45, 2.75) is 48.0 Å². The number of carbonyl (C=O) groups excluding carboxylic acids is 1. The van der Waals surface area contributed by atoms with Crippen LogP contribution in [0.3, 0.4) is 0 Å². The van der Waals surface area contributed by atoms with Crippen LogP contribution in [0.5, 0.6) is 0 Å². The number of aromatic nitrogens is 2. The molecule has 1 heterocycles. The van der Waals surface area contributed by atoms with E-state index in [0.717, 1.165) is 42.7 Å². The third-order valence-electron chi connectivity index (χ3n) is 6.34. The highest BCUT2D eigenvalue weighted by Crippen LogP contribution is 2.25. The van der Waals surface area contributed by atoms with Crippen LogP contribution in [0.2, 0.25) is 0 Å². The fourth-order valence-corrected chi connectivity index (χ4v) is 3.76. The molecular formula is C26H42FN4O2+. The second-order valence-electron chi connectivity index (χ2n) is 10.3. The Hall–Kier alpha value is -2.12. The maximum Gasteiger partial charge on any atom is 0.317 e.